The van der Waals surface area contributed by atoms with Crippen LogP contribution >= 0.6 is 12.4 Å². The Morgan fingerprint density at radius 3 is 2.68 bits per heavy atom. The van der Waals surface area contributed by atoms with Gasteiger partial charge in [0, 0.05) is 25.8 Å². The molecule has 4 N–H and O–H groups in total. The average molecular weight is 352 g/mol. The maximum Gasteiger partial charge on any atom is 0.251 e. The summed E-state index contributed by atoms with van der Waals surface area (Å²) in [6.45, 7) is 1.39. The molecule has 0 aliphatic heterocycles. The zero-order valence-corrected chi connectivity index (χ0v) is 14.0. The number of carbonyl (C=O) groups excluding carboxylic acids is 1. The fraction of sp³-hybridized carbons (Fsp3) is 0.462. The van der Waals surface area contributed by atoms with Crippen molar-refractivity contribution in [2.45, 2.75) is 11.3 Å². The molecule has 7 nitrogen and oxygen atoms in total. The van der Waals surface area contributed by atoms with E-state index >= 15 is 0 Å². The van der Waals surface area contributed by atoms with E-state index in [0.717, 1.165) is 0 Å². The molecule has 9 heteroatoms. The van der Waals surface area contributed by atoms with Gasteiger partial charge in [0.05, 0.1) is 11.5 Å². The van der Waals surface area contributed by atoms with Crippen molar-refractivity contribution in [2.24, 2.45) is 5.73 Å². The highest BCUT2D eigenvalue weighted by atomic mass is 35.5. The summed E-state index contributed by atoms with van der Waals surface area (Å²) in [5, 5.41) is 2.68. The number of hydrogen-bond acceptors (Lipinski definition) is 5. The molecule has 0 aliphatic carbocycles. The van der Waals surface area contributed by atoms with Crippen LogP contribution in [0.2, 0.25) is 0 Å². The fourth-order valence-corrected chi connectivity index (χ4v) is 2.63. The lowest BCUT2D eigenvalue weighted by atomic mass is 10.2. The molecule has 0 saturated heterocycles. The van der Waals surface area contributed by atoms with Crippen LogP contribution in [0.1, 0.15) is 16.8 Å². The number of amides is 1. The summed E-state index contributed by atoms with van der Waals surface area (Å²) in [5.74, 6) is -0.322. The lowest BCUT2D eigenvalue weighted by Crippen LogP contribution is -2.28. The van der Waals surface area contributed by atoms with Crippen LogP contribution in [0.15, 0.2) is 29.2 Å². The maximum absolute atomic E-state index is 12.0. The van der Waals surface area contributed by atoms with Gasteiger partial charge in [-0.1, -0.05) is 6.07 Å². The van der Waals surface area contributed by atoms with Gasteiger partial charge < -0.3 is 15.8 Å². The number of nitrogens with one attached hydrogen (secondary N) is 2. The molecule has 1 aromatic carbocycles. The van der Waals surface area contributed by atoms with Crippen molar-refractivity contribution in [1.82, 2.24) is 10.0 Å². The van der Waals surface area contributed by atoms with Gasteiger partial charge in [-0.05, 0) is 31.2 Å². The molecule has 0 spiro atoms. The molecule has 0 atom stereocenters. The van der Waals surface area contributed by atoms with Crippen molar-refractivity contribution in [3.8, 4) is 0 Å². The fourth-order valence-electron chi connectivity index (χ4n) is 1.57. The number of nitrogens with two attached hydrogens (primary N) is 1. The highest BCUT2D eigenvalue weighted by Gasteiger charge is 2.15. The van der Waals surface area contributed by atoms with E-state index < -0.39 is 10.0 Å². The first-order valence-electron chi connectivity index (χ1n) is 6.58. The summed E-state index contributed by atoms with van der Waals surface area (Å²) in [7, 11) is -2.16. The van der Waals surface area contributed by atoms with E-state index in [1.54, 1.807) is 6.07 Å². The molecule has 0 radical (unpaired) electrons. The van der Waals surface area contributed by atoms with Gasteiger partial charge in [-0.2, -0.15) is 0 Å². The number of hydrogen-bond donors (Lipinski definition) is 3. The molecular formula is C13H22ClN3O4S. The average Bonchev–Trinajstić information content (AvgIpc) is 2.47. The van der Waals surface area contributed by atoms with Crippen LogP contribution in [-0.4, -0.2) is 47.7 Å². The number of rotatable bonds is 9. The zero-order chi connectivity index (χ0) is 15.7. The normalized spacial score (nSPS) is 10.8. The number of ether oxygens (including phenoxy) is 1. The van der Waals surface area contributed by atoms with E-state index in [-0.39, 0.29) is 36.4 Å². The molecule has 0 aromatic heterocycles. The third kappa shape index (κ3) is 6.71. The quantitative estimate of drug-likeness (QED) is 0.547. The summed E-state index contributed by atoms with van der Waals surface area (Å²) in [5.41, 5.74) is 5.64. The molecule has 1 aromatic rings. The Balaban J connectivity index is 0.00000441. The second-order valence-electron chi connectivity index (χ2n) is 4.32. The van der Waals surface area contributed by atoms with Gasteiger partial charge in [-0.25, -0.2) is 13.1 Å². The maximum atomic E-state index is 12.0. The minimum absolute atomic E-state index is 0. The van der Waals surface area contributed by atoms with Gasteiger partial charge in [0.15, 0.2) is 0 Å². The number of benzene rings is 1. The van der Waals surface area contributed by atoms with Crippen LogP contribution in [0.4, 0.5) is 0 Å². The van der Waals surface area contributed by atoms with Crippen LogP contribution in [-0.2, 0) is 14.8 Å². The Hall–Kier alpha value is -1.19. The van der Waals surface area contributed by atoms with Crippen LogP contribution in [0.3, 0.4) is 0 Å². The zero-order valence-electron chi connectivity index (χ0n) is 12.4. The van der Waals surface area contributed by atoms with E-state index in [1.165, 1.54) is 25.3 Å². The van der Waals surface area contributed by atoms with Gasteiger partial charge in [0.2, 0.25) is 10.0 Å². The minimum atomic E-state index is -3.64. The monoisotopic (exact) mass is 351 g/mol. The molecule has 0 aliphatic rings. The Morgan fingerprint density at radius 2 is 2.05 bits per heavy atom. The number of sulfonamides is 1. The standard InChI is InChI=1S/C13H21N3O4S.ClH/c1-20-9-8-16-21(18,19)12-5-2-4-11(10-12)13(17)15-7-3-6-14;/h2,4-5,10,16H,3,6-9,14H2,1H3,(H,15,17);1H. The van der Waals surface area contributed by atoms with Crippen LogP contribution in [0, 0.1) is 0 Å². The van der Waals surface area contributed by atoms with Crippen LogP contribution in [0.25, 0.3) is 0 Å². The molecule has 0 unspecified atom stereocenters. The number of methoxy groups -OCH3 is 1. The van der Waals surface area contributed by atoms with Gasteiger partial charge in [0.25, 0.3) is 5.91 Å². The molecule has 22 heavy (non-hydrogen) atoms. The van der Waals surface area contributed by atoms with Crippen molar-refractivity contribution < 1.29 is 17.9 Å². The number of halogens is 1. The molecule has 0 fully saturated rings. The van der Waals surface area contributed by atoms with Crippen LogP contribution in [0.5, 0.6) is 0 Å². The van der Waals surface area contributed by atoms with E-state index in [2.05, 4.69) is 10.0 Å². The van der Waals surface area contributed by atoms with E-state index in [9.17, 15) is 13.2 Å². The summed E-state index contributed by atoms with van der Waals surface area (Å²) in [6, 6.07) is 5.87. The highest BCUT2D eigenvalue weighted by molar-refractivity contribution is 7.89. The second-order valence-corrected chi connectivity index (χ2v) is 6.08. The SMILES string of the molecule is COCCNS(=O)(=O)c1cccc(C(=O)NCCCN)c1.Cl. The summed E-state index contributed by atoms with van der Waals surface area (Å²) in [6.07, 6.45) is 0.669. The Kier molecular flexibility index (Phi) is 9.95. The molecular weight excluding hydrogens is 330 g/mol. The molecule has 126 valence electrons. The van der Waals surface area contributed by atoms with E-state index in [4.69, 9.17) is 10.5 Å². The lowest BCUT2D eigenvalue weighted by Gasteiger charge is -2.08. The third-order valence-electron chi connectivity index (χ3n) is 2.67. The first kappa shape index (κ1) is 20.8. The van der Waals surface area contributed by atoms with Crippen molar-refractivity contribution in [3.05, 3.63) is 29.8 Å². The molecule has 1 amide bonds. The summed E-state index contributed by atoms with van der Waals surface area (Å²) < 4.78 is 31.2. The Morgan fingerprint density at radius 1 is 1.32 bits per heavy atom. The van der Waals surface area contributed by atoms with Crippen molar-refractivity contribution in [2.75, 3.05) is 33.4 Å². The van der Waals surface area contributed by atoms with E-state index in [1.807, 2.05) is 0 Å². The predicted molar refractivity (Wildman–Crippen MR) is 86.8 cm³/mol. The summed E-state index contributed by atoms with van der Waals surface area (Å²) >= 11 is 0. The Labute approximate surface area is 137 Å². The lowest BCUT2D eigenvalue weighted by molar-refractivity contribution is 0.0953. The van der Waals surface area contributed by atoms with Crippen molar-refractivity contribution in [3.63, 3.8) is 0 Å². The third-order valence-corrected chi connectivity index (χ3v) is 4.13. The van der Waals surface area contributed by atoms with Gasteiger partial charge in [0.1, 0.15) is 0 Å². The van der Waals surface area contributed by atoms with Crippen molar-refractivity contribution >= 4 is 28.3 Å². The Bertz CT molecular complexity index is 566. The summed E-state index contributed by atoms with van der Waals surface area (Å²) in [4.78, 5) is 11.9. The second kappa shape index (κ2) is 10.5. The molecule has 0 saturated carbocycles. The first-order valence-corrected chi connectivity index (χ1v) is 8.06. The highest BCUT2D eigenvalue weighted by Crippen LogP contribution is 2.11. The first-order chi connectivity index (χ1) is 10.0. The van der Waals surface area contributed by atoms with Gasteiger partial charge >= 0.3 is 0 Å². The van der Waals surface area contributed by atoms with Crippen LogP contribution < -0.4 is 15.8 Å². The van der Waals surface area contributed by atoms with Crippen molar-refractivity contribution in [1.29, 1.82) is 0 Å². The number of carbonyl (C=O) groups is 1. The largest absolute Gasteiger partial charge is 0.383 e. The van der Waals surface area contributed by atoms with E-state index in [0.29, 0.717) is 25.1 Å². The topological polar surface area (TPSA) is 111 Å². The molecule has 0 bridgehead atoms. The smallest absolute Gasteiger partial charge is 0.251 e. The van der Waals surface area contributed by atoms with Gasteiger partial charge in [-0.15, -0.1) is 12.4 Å². The molecule has 1 rings (SSSR count). The predicted octanol–water partition coefficient (Wildman–Crippen LogP) is 0.112. The minimum Gasteiger partial charge on any atom is -0.383 e. The molecule has 0 heterocycles. The van der Waals surface area contributed by atoms with Gasteiger partial charge in [-0.3, -0.25) is 4.79 Å².